The van der Waals surface area contributed by atoms with Crippen molar-refractivity contribution in [3.63, 3.8) is 0 Å². The lowest BCUT2D eigenvalue weighted by Crippen LogP contribution is -2.28. The van der Waals surface area contributed by atoms with Crippen molar-refractivity contribution in [2.75, 3.05) is 0 Å². The molecular formula is C11H20O2Si. The van der Waals surface area contributed by atoms with Crippen LogP contribution in [0.4, 0.5) is 0 Å². The number of hydrogen-bond acceptors (Lipinski definition) is 2. The van der Waals surface area contributed by atoms with Crippen LogP contribution in [0.15, 0.2) is 0 Å². The van der Waals surface area contributed by atoms with Crippen molar-refractivity contribution in [1.82, 2.24) is 0 Å². The molecule has 14 heavy (non-hydrogen) atoms. The molecule has 2 fully saturated rings. The average molecular weight is 212 g/mol. The van der Waals surface area contributed by atoms with Gasteiger partial charge in [-0.05, 0) is 30.1 Å². The molecule has 2 aliphatic rings. The average Bonchev–Trinajstić information content (AvgIpc) is 2.63. The zero-order chi connectivity index (χ0) is 10.6. The van der Waals surface area contributed by atoms with E-state index in [4.69, 9.17) is 4.43 Å². The molecule has 0 aliphatic heterocycles. The van der Waals surface area contributed by atoms with Crippen LogP contribution in [0.3, 0.4) is 0 Å². The van der Waals surface area contributed by atoms with Crippen LogP contribution in [-0.2, 0) is 9.22 Å². The first-order valence-electron chi connectivity index (χ1n) is 5.55. The summed E-state index contributed by atoms with van der Waals surface area (Å²) in [4.78, 5) is 11.9. The largest absolute Gasteiger partial charge is 0.528 e. The third-order valence-corrected chi connectivity index (χ3v) is 5.07. The zero-order valence-electron chi connectivity index (χ0n) is 9.59. The topological polar surface area (TPSA) is 26.3 Å². The number of rotatable bonds is 1. The van der Waals surface area contributed by atoms with E-state index in [1.165, 1.54) is 12.8 Å². The summed E-state index contributed by atoms with van der Waals surface area (Å²) in [5, 5.41) is 0. The molecule has 0 aromatic carbocycles. The van der Waals surface area contributed by atoms with Gasteiger partial charge in [0.15, 0.2) is 0 Å². The Labute approximate surface area is 88.9 Å². The van der Waals surface area contributed by atoms with Gasteiger partial charge in [-0.3, -0.25) is 4.79 Å². The van der Waals surface area contributed by atoms with Gasteiger partial charge in [0.1, 0.15) is 0 Å². The van der Waals surface area contributed by atoms with Crippen LogP contribution in [0, 0.1) is 22.7 Å². The standard InChI is InChI=1S/C11H20O2Si/c1-7-4-5-8-10(2,3)11(8,6-7)9(12)13-14/h7-8H,4-6H2,1-3,14H3. The number of fused-ring (bicyclic) bond motifs is 1. The van der Waals surface area contributed by atoms with E-state index in [-0.39, 0.29) is 16.8 Å². The molecular weight excluding hydrogens is 192 g/mol. The monoisotopic (exact) mass is 212 g/mol. The van der Waals surface area contributed by atoms with E-state index in [0.29, 0.717) is 22.3 Å². The summed E-state index contributed by atoms with van der Waals surface area (Å²) in [5.74, 6) is 1.37. The Morgan fingerprint density at radius 1 is 1.43 bits per heavy atom. The van der Waals surface area contributed by atoms with Gasteiger partial charge in [0.25, 0.3) is 5.97 Å². The van der Waals surface area contributed by atoms with E-state index < -0.39 is 0 Å². The Morgan fingerprint density at radius 2 is 2.07 bits per heavy atom. The van der Waals surface area contributed by atoms with E-state index in [2.05, 4.69) is 20.8 Å². The molecule has 0 heterocycles. The highest BCUT2D eigenvalue weighted by Crippen LogP contribution is 2.75. The fourth-order valence-electron chi connectivity index (χ4n) is 3.75. The van der Waals surface area contributed by atoms with Crippen molar-refractivity contribution in [1.29, 1.82) is 0 Å². The van der Waals surface area contributed by atoms with Crippen molar-refractivity contribution < 1.29 is 9.22 Å². The lowest BCUT2D eigenvalue weighted by Gasteiger charge is -2.25. The number of carbonyl (C=O) groups excluding carboxylic acids is 1. The van der Waals surface area contributed by atoms with Crippen LogP contribution in [0.5, 0.6) is 0 Å². The highest BCUT2D eigenvalue weighted by atomic mass is 28.2. The van der Waals surface area contributed by atoms with Crippen molar-refractivity contribution in [2.24, 2.45) is 22.7 Å². The highest BCUT2D eigenvalue weighted by Gasteiger charge is 2.76. The Kier molecular flexibility index (Phi) is 2.07. The molecule has 0 aromatic heterocycles. The molecule has 0 spiro atoms. The van der Waals surface area contributed by atoms with Gasteiger partial charge >= 0.3 is 0 Å². The van der Waals surface area contributed by atoms with Crippen LogP contribution >= 0.6 is 0 Å². The molecule has 2 saturated carbocycles. The summed E-state index contributed by atoms with van der Waals surface area (Å²) in [6.45, 7) is 6.72. The van der Waals surface area contributed by atoms with Crippen molar-refractivity contribution in [2.45, 2.75) is 40.0 Å². The maximum Gasteiger partial charge on any atom is 0.298 e. The smallest absolute Gasteiger partial charge is 0.298 e. The molecule has 80 valence electrons. The zero-order valence-corrected chi connectivity index (χ0v) is 11.6. The molecule has 2 aliphatic carbocycles. The Hall–Kier alpha value is -0.313. The minimum Gasteiger partial charge on any atom is -0.528 e. The van der Waals surface area contributed by atoms with Crippen LogP contribution in [0.25, 0.3) is 0 Å². The number of carbonyl (C=O) groups is 1. The van der Waals surface area contributed by atoms with E-state index in [9.17, 15) is 4.79 Å². The van der Waals surface area contributed by atoms with Gasteiger partial charge in [0, 0.05) is 0 Å². The maximum atomic E-state index is 11.9. The summed E-state index contributed by atoms with van der Waals surface area (Å²) < 4.78 is 5.12. The van der Waals surface area contributed by atoms with Gasteiger partial charge in [-0.1, -0.05) is 27.2 Å². The summed E-state index contributed by atoms with van der Waals surface area (Å²) in [6, 6.07) is 0. The van der Waals surface area contributed by atoms with Gasteiger partial charge in [-0.2, -0.15) is 0 Å². The van der Waals surface area contributed by atoms with Crippen LogP contribution in [0.2, 0.25) is 0 Å². The van der Waals surface area contributed by atoms with E-state index in [1.54, 1.807) is 0 Å². The minimum atomic E-state index is -0.105. The van der Waals surface area contributed by atoms with Crippen molar-refractivity contribution in [3.8, 4) is 0 Å². The van der Waals surface area contributed by atoms with Crippen LogP contribution < -0.4 is 0 Å². The second kappa shape index (κ2) is 2.84. The van der Waals surface area contributed by atoms with Crippen LogP contribution in [0.1, 0.15) is 40.0 Å². The molecule has 3 atom stereocenters. The minimum absolute atomic E-state index is 0.0886. The molecule has 3 heteroatoms. The first kappa shape index (κ1) is 10.2. The molecule has 0 amide bonds. The predicted molar refractivity (Wildman–Crippen MR) is 58.8 cm³/mol. The molecule has 0 saturated heterocycles. The lowest BCUT2D eigenvalue weighted by molar-refractivity contribution is -0.143. The van der Waals surface area contributed by atoms with Gasteiger partial charge in [0.2, 0.25) is 10.5 Å². The SMILES string of the molecule is CC1CCC2C(C)(C)C2(C(=O)O[SiH3])C1. The lowest BCUT2D eigenvalue weighted by atomic mass is 9.80. The van der Waals surface area contributed by atoms with Gasteiger partial charge < -0.3 is 4.43 Å². The van der Waals surface area contributed by atoms with Gasteiger partial charge in [0.05, 0.1) is 5.41 Å². The Bertz CT molecular complexity index is 274. The van der Waals surface area contributed by atoms with Gasteiger partial charge in [-0.15, -0.1) is 0 Å². The van der Waals surface area contributed by atoms with Crippen molar-refractivity contribution >= 4 is 16.5 Å². The maximum absolute atomic E-state index is 11.9. The normalized spacial score (nSPS) is 44.2. The third-order valence-electron chi connectivity index (χ3n) is 4.70. The summed E-state index contributed by atoms with van der Waals surface area (Å²) in [7, 11) is 0.539. The summed E-state index contributed by atoms with van der Waals surface area (Å²) in [5.41, 5.74) is 0.0890. The predicted octanol–water partition coefficient (Wildman–Crippen LogP) is 1.27. The third kappa shape index (κ3) is 0.992. The van der Waals surface area contributed by atoms with E-state index >= 15 is 0 Å². The van der Waals surface area contributed by atoms with Crippen LogP contribution in [-0.4, -0.2) is 16.5 Å². The highest BCUT2D eigenvalue weighted by molar-refractivity contribution is 6.07. The number of hydrogen-bond donors (Lipinski definition) is 0. The second-order valence-corrected chi connectivity index (χ2v) is 6.03. The van der Waals surface area contributed by atoms with Gasteiger partial charge in [-0.25, -0.2) is 0 Å². The molecule has 0 radical (unpaired) electrons. The molecule has 3 unspecified atom stereocenters. The molecule has 0 N–H and O–H groups in total. The Balaban J connectivity index is 2.28. The second-order valence-electron chi connectivity index (χ2n) is 5.62. The van der Waals surface area contributed by atoms with Crippen molar-refractivity contribution in [3.05, 3.63) is 0 Å². The summed E-state index contributed by atoms with van der Waals surface area (Å²) >= 11 is 0. The molecule has 2 rings (SSSR count). The quantitative estimate of drug-likeness (QED) is 0.612. The van der Waals surface area contributed by atoms with E-state index in [0.717, 1.165) is 6.42 Å². The first-order valence-corrected chi connectivity index (χ1v) is 6.37. The fourth-order valence-corrected chi connectivity index (χ4v) is 4.12. The summed E-state index contributed by atoms with van der Waals surface area (Å²) in [6.07, 6.45) is 3.54. The van der Waals surface area contributed by atoms with E-state index in [1.807, 2.05) is 0 Å². The molecule has 0 bridgehead atoms. The molecule has 2 nitrogen and oxygen atoms in total. The first-order chi connectivity index (χ1) is 6.46. The fraction of sp³-hybridized carbons (Fsp3) is 0.909. The Morgan fingerprint density at radius 3 is 2.64 bits per heavy atom. The molecule has 0 aromatic rings.